The molecule has 2 rings (SSSR count). The molecule has 2 aromatic carbocycles. The molecule has 0 aliphatic carbocycles. The monoisotopic (exact) mass is 426 g/mol. The molecular weight excluding hydrogens is 408 g/mol. The Morgan fingerprint density at radius 2 is 1.14 bits per heavy atom. The van der Waals surface area contributed by atoms with Crippen molar-refractivity contribution in [1.29, 1.82) is 0 Å². The van der Waals surface area contributed by atoms with Gasteiger partial charge in [0.2, 0.25) is 0 Å². The minimum absolute atomic E-state index is 0. The van der Waals surface area contributed by atoms with E-state index in [2.05, 4.69) is 0 Å². The number of carboxylic acid groups (broad SMARTS) is 2. The standard InChI is InChI=1S/2C10H10O4.Ca/c2*1-14-9-6-7(2-4-8(9)11)3-5-10(12)13;/h2*2-6,11H,1H3,(H,12,13);/q;;+2/p-2/b2*5-3-;. The summed E-state index contributed by atoms with van der Waals surface area (Å²) in [5.74, 6) is -2.10. The van der Waals surface area contributed by atoms with Crippen LogP contribution in [0.1, 0.15) is 11.1 Å². The van der Waals surface area contributed by atoms with Gasteiger partial charge in [0, 0.05) is 12.2 Å². The van der Waals surface area contributed by atoms with Gasteiger partial charge in [-0.2, -0.15) is 0 Å². The average Bonchev–Trinajstić information content (AvgIpc) is 2.67. The molecule has 0 bridgehead atoms. The van der Waals surface area contributed by atoms with E-state index in [0.717, 1.165) is 12.2 Å². The number of hydrogen-bond acceptors (Lipinski definition) is 6. The van der Waals surface area contributed by atoms with Crippen LogP contribution in [-0.4, -0.2) is 74.1 Å². The second kappa shape index (κ2) is 13.5. The van der Waals surface area contributed by atoms with Gasteiger partial charge < -0.3 is 29.9 Å². The molecule has 0 aliphatic rings. The van der Waals surface area contributed by atoms with Crippen LogP contribution < -0.4 is 19.7 Å². The Morgan fingerprint density at radius 3 is 1.41 bits per heavy atom. The first-order valence-electron chi connectivity index (χ1n) is 7.79. The molecule has 0 radical (unpaired) electrons. The van der Waals surface area contributed by atoms with Crippen molar-refractivity contribution in [2.24, 2.45) is 0 Å². The fourth-order valence-electron chi connectivity index (χ4n) is 1.91. The van der Waals surface area contributed by atoms with Crippen molar-refractivity contribution in [1.82, 2.24) is 0 Å². The molecule has 0 saturated heterocycles. The molecule has 0 heterocycles. The molecular formula is C20H18CaO8. The van der Waals surface area contributed by atoms with E-state index in [1.54, 1.807) is 0 Å². The summed E-state index contributed by atoms with van der Waals surface area (Å²) in [5.41, 5.74) is 1.23. The van der Waals surface area contributed by atoms with Gasteiger partial charge in [-0.05, 0) is 35.4 Å². The fraction of sp³-hybridized carbons (Fsp3) is 0.100. The molecule has 0 aliphatic heterocycles. The van der Waals surface area contributed by atoms with Gasteiger partial charge in [0.1, 0.15) is 11.5 Å². The third-order valence-electron chi connectivity index (χ3n) is 3.21. The van der Waals surface area contributed by atoms with Crippen LogP contribution in [0.15, 0.2) is 48.6 Å². The van der Waals surface area contributed by atoms with E-state index in [0.29, 0.717) is 11.1 Å². The van der Waals surface area contributed by atoms with Crippen LogP contribution in [0.3, 0.4) is 0 Å². The molecule has 29 heavy (non-hydrogen) atoms. The van der Waals surface area contributed by atoms with Crippen LogP contribution in [-0.2, 0) is 9.59 Å². The zero-order valence-corrected chi connectivity index (χ0v) is 18.0. The van der Waals surface area contributed by atoms with Crippen molar-refractivity contribution in [2.45, 2.75) is 0 Å². The first-order chi connectivity index (χ1) is 13.3. The number of rotatable bonds is 6. The summed E-state index contributed by atoms with van der Waals surface area (Å²) in [6, 6.07) is 8.71. The van der Waals surface area contributed by atoms with Crippen molar-refractivity contribution in [2.75, 3.05) is 14.2 Å². The number of hydrogen-bond donors (Lipinski definition) is 2. The molecule has 0 amide bonds. The molecule has 0 atom stereocenters. The third kappa shape index (κ3) is 9.89. The fourth-order valence-corrected chi connectivity index (χ4v) is 1.91. The van der Waals surface area contributed by atoms with E-state index in [1.165, 1.54) is 62.8 Å². The molecule has 2 N–H and O–H groups in total. The van der Waals surface area contributed by atoms with E-state index in [4.69, 9.17) is 19.7 Å². The van der Waals surface area contributed by atoms with E-state index < -0.39 is 11.9 Å². The van der Waals surface area contributed by atoms with Crippen LogP contribution in [0.4, 0.5) is 0 Å². The summed E-state index contributed by atoms with van der Waals surface area (Å²) in [5, 5.41) is 38.9. The van der Waals surface area contributed by atoms with Gasteiger partial charge in [0.25, 0.3) is 0 Å². The van der Waals surface area contributed by atoms with E-state index in [-0.39, 0.29) is 60.7 Å². The van der Waals surface area contributed by atoms with Crippen LogP contribution >= 0.6 is 0 Å². The first kappa shape index (κ1) is 26.3. The summed E-state index contributed by atoms with van der Waals surface area (Å²) < 4.78 is 9.60. The average molecular weight is 426 g/mol. The summed E-state index contributed by atoms with van der Waals surface area (Å²) >= 11 is 0. The minimum Gasteiger partial charge on any atom is -0.870 e. The van der Waals surface area contributed by atoms with Gasteiger partial charge in [0.05, 0.1) is 14.2 Å². The minimum atomic E-state index is -1.03. The third-order valence-corrected chi connectivity index (χ3v) is 3.21. The molecule has 0 spiro atoms. The maximum absolute atomic E-state index is 11.1. The Labute approximate surface area is 197 Å². The number of benzene rings is 2. The van der Waals surface area contributed by atoms with Crippen LogP contribution in [0.25, 0.3) is 12.2 Å². The smallest absolute Gasteiger partial charge is 0.870 e. The Kier molecular flexibility index (Phi) is 12.2. The molecule has 8 nitrogen and oxygen atoms in total. The molecule has 148 valence electrons. The molecule has 9 heteroatoms. The van der Waals surface area contributed by atoms with Gasteiger partial charge in [-0.25, -0.2) is 9.59 Å². The Morgan fingerprint density at radius 1 is 0.793 bits per heavy atom. The predicted molar refractivity (Wildman–Crippen MR) is 104 cm³/mol. The maximum Gasteiger partial charge on any atom is 2.00 e. The first-order valence-corrected chi connectivity index (χ1v) is 7.79. The van der Waals surface area contributed by atoms with Gasteiger partial charge in [-0.15, -0.1) is 0 Å². The Bertz CT molecular complexity index is 817. The zero-order chi connectivity index (χ0) is 21.1. The molecule has 2 aromatic rings. The normalized spacial score (nSPS) is 10.0. The number of aliphatic carboxylic acids is 2. The maximum atomic E-state index is 11.1. The summed E-state index contributed by atoms with van der Waals surface area (Å²) in [7, 11) is 2.78. The molecule has 0 fully saturated rings. The van der Waals surface area contributed by atoms with E-state index in [9.17, 15) is 19.8 Å². The number of carboxylic acids is 2. The second-order valence-corrected chi connectivity index (χ2v) is 5.16. The van der Waals surface area contributed by atoms with Crippen LogP contribution in [0.5, 0.6) is 23.0 Å². The molecule has 0 saturated carbocycles. The van der Waals surface area contributed by atoms with Gasteiger partial charge in [-0.3, -0.25) is 0 Å². The summed E-state index contributed by atoms with van der Waals surface area (Å²) in [6.45, 7) is 0. The topological polar surface area (TPSA) is 139 Å². The van der Waals surface area contributed by atoms with Gasteiger partial charge in [-0.1, -0.05) is 35.8 Å². The zero-order valence-electron chi connectivity index (χ0n) is 15.8. The van der Waals surface area contributed by atoms with E-state index in [1.807, 2.05) is 0 Å². The van der Waals surface area contributed by atoms with Crippen molar-refractivity contribution in [3.8, 4) is 23.0 Å². The molecule has 0 aromatic heterocycles. The number of carbonyl (C=O) groups is 2. The van der Waals surface area contributed by atoms with Gasteiger partial charge >= 0.3 is 49.7 Å². The van der Waals surface area contributed by atoms with Crippen molar-refractivity contribution in [3.05, 3.63) is 59.7 Å². The largest absolute Gasteiger partial charge is 2.00 e. The van der Waals surface area contributed by atoms with Crippen LogP contribution in [0.2, 0.25) is 0 Å². The molecule has 0 unspecified atom stereocenters. The Balaban J connectivity index is 0.000000523. The van der Waals surface area contributed by atoms with Crippen molar-refractivity contribution in [3.63, 3.8) is 0 Å². The Hall–Kier alpha value is -2.68. The van der Waals surface area contributed by atoms with Crippen molar-refractivity contribution < 1.29 is 39.5 Å². The van der Waals surface area contributed by atoms with Crippen LogP contribution in [0, 0.1) is 0 Å². The summed E-state index contributed by atoms with van der Waals surface area (Å²) in [4.78, 5) is 20.4. The SMILES string of the molecule is COc1cc(/C=C\C(=O)O)ccc1[O-].COc1cc(/C=C\C(=O)O)ccc1[O-].[Ca+2]. The summed E-state index contributed by atoms with van der Waals surface area (Å²) in [6.07, 6.45) is 4.78. The van der Waals surface area contributed by atoms with Gasteiger partial charge in [0.15, 0.2) is 0 Å². The quantitative estimate of drug-likeness (QED) is 0.521. The van der Waals surface area contributed by atoms with Crippen molar-refractivity contribution >= 4 is 61.8 Å². The van der Waals surface area contributed by atoms with E-state index >= 15 is 0 Å². The number of ether oxygens (including phenoxy) is 2. The second-order valence-electron chi connectivity index (χ2n) is 5.16. The predicted octanol–water partition coefficient (Wildman–Crippen LogP) is 1.35. The number of methoxy groups -OCH3 is 2.